The Labute approximate surface area is 569 Å². The molecule has 0 aromatic heterocycles. The Hall–Kier alpha value is -3.33. The second-order valence-corrected chi connectivity index (χ2v) is 28.4. The molecule has 0 rings (SSSR count). The average Bonchev–Trinajstić information content (AvgIpc) is 2.23. The highest BCUT2D eigenvalue weighted by Gasteiger charge is 2.27. The van der Waals surface area contributed by atoms with Gasteiger partial charge in [-0.15, -0.1) is 0 Å². The summed E-state index contributed by atoms with van der Waals surface area (Å²) in [6.45, 7) is 4.25. The molecule has 0 radical (unpaired) electrons. The van der Waals surface area contributed by atoms with Crippen LogP contribution in [0.3, 0.4) is 0 Å². The molecule has 0 saturated heterocycles. The summed E-state index contributed by atoms with van der Waals surface area (Å²) in [7, 11) is 1.49. The molecule has 0 aliphatic carbocycles. The fourth-order valence-corrected chi connectivity index (χ4v) is 11.7. The molecule has 0 amide bonds. The number of quaternary nitrogens is 1. The molecule has 9 nitrogen and oxygen atoms in total. The van der Waals surface area contributed by atoms with Crippen molar-refractivity contribution in [2.75, 3.05) is 47.5 Å². The van der Waals surface area contributed by atoms with E-state index in [2.05, 4.69) is 123 Å². The molecule has 0 spiro atoms. The molecule has 0 saturated carbocycles. The number of phosphoric ester groups is 1. The summed E-state index contributed by atoms with van der Waals surface area (Å²) in [6, 6.07) is 0. The number of hydrogen-bond donors (Lipinski definition) is 1. The van der Waals surface area contributed by atoms with Crippen LogP contribution in [0.2, 0.25) is 0 Å². The summed E-state index contributed by atoms with van der Waals surface area (Å²) >= 11 is 0. The van der Waals surface area contributed by atoms with Gasteiger partial charge in [0.25, 0.3) is 0 Å². The number of carbonyl (C=O) groups excluding carboxylic acids is 2. The minimum absolute atomic E-state index is 0.0308. The fraction of sp³-hybridized carbons (Fsp3) is 0.756. The summed E-state index contributed by atoms with van der Waals surface area (Å²) in [4.78, 5) is 36.0. The molecule has 1 N–H and O–H groups in total. The third-order valence-corrected chi connectivity index (χ3v) is 17.8. The zero-order chi connectivity index (χ0) is 66.9. The van der Waals surface area contributed by atoms with Crippen LogP contribution in [-0.2, 0) is 32.7 Å². The van der Waals surface area contributed by atoms with E-state index in [0.29, 0.717) is 17.4 Å². The predicted molar refractivity (Wildman–Crippen MR) is 399 cm³/mol. The van der Waals surface area contributed by atoms with Crippen molar-refractivity contribution in [2.24, 2.45) is 0 Å². The Morgan fingerprint density at radius 3 is 0.870 bits per heavy atom. The number of hydrogen-bond acceptors (Lipinski definition) is 7. The molecule has 0 aromatic carbocycles. The molecule has 2 unspecified atom stereocenters. The third-order valence-electron chi connectivity index (χ3n) is 16.8. The highest BCUT2D eigenvalue weighted by Crippen LogP contribution is 2.43. The van der Waals surface area contributed by atoms with Gasteiger partial charge in [-0.2, -0.15) is 0 Å². The van der Waals surface area contributed by atoms with Crippen molar-refractivity contribution in [3.8, 4) is 0 Å². The lowest BCUT2D eigenvalue weighted by Crippen LogP contribution is -2.37. The monoisotopic (exact) mass is 1310 g/mol. The first-order valence-corrected chi connectivity index (χ1v) is 40.1. The average molecular weight is 1310 g/mol. The van der Waals surface area contributed by atoms with Crippen LogP contribution in [0.1, 0.15) is 348 Å². The van der Waals surface area contributed by atoms with E-state index in [9.17, 15) is 19.0 Å². The van der Waals surface area contributed by atoms with Crippen molar-refractivity contribution in [1.82, 2.24) is 0 Å². The lowest BCUT2D eigenvalue weighted by molar-refractivity contribution is -0.870. The van der Waals surface area contributed by atoms with Gasteiger partial charge in [0.1, 0.15) is 19.8 Å². The van der Waals surface area contributed by atoms with Crippen molar-refractivity contribution in [3.05, 3.63) is 109 Å². The number of esters is 2. The van der Waals surface area contributed by atoms with Gasteiger partial charge in [-0.1, -0.05) is 348 Å². The maximum absolute atomic E-state index is 12.9. The van der Waals surface area contributed by atoms with Crippen LogP contribution in [0, 0.1) is 0 Å². The summed E-state index contributed by atoms with van der Waals surface area (Å²) < 4.78 is 34.8. The van der Waals surface area contributed by atoms with Crippen molar-refractivity contribution in [2.45, 2.75) is 354 Å². The molecule has 0 heterocycles. The van der Waals surface area contributed by atoms with E-state index in [0.717, 1.165) is 89.9 Å². The first kappa shape index (κ1) is 88.7. The van der Waals surface area contributed by atoms with Crippen LogP contribution in [0.25, 0.3) is 0 Å². The van der Waals surface area contributed by atoms with E-state index in [4.69, 9.17) is 18.5 Å². The van der Waals surface area contributed by atoms with Crippen molar-refractivity contribution in [3.63, 3.8) is 0 Å². The molecule has 92 heavy (non-hydrogen) atoms. The number of nitrogens with zero attached hydrogens (tertiary/aromatic N) is 1. The largest absolute Gasteiger partial charge is 0.472 e. The molecule has 0 aromatic rings. The van der Waals surface area contributed by atoms with E-state index >= 15 is 0 Å². The van der Waals surface area contributed by atoms with Gasteiger partial charge in [-0.05, 0) is 96.3 Å². The van der Waals surface area contributed by atoms with E-state index in [1.54, 1.807) is 0 Å². The summed E-state index contributed by atoms with van der Waals surface area (Å²) in [5.41, 5.74) is 0. The van der Waals surface area contributed by atoms with Gasteiger partial charge in [-0.25, -0.2) is 4.57 Å². The fourth-order valence-electron chi connectivity index (χ4n) is 11.0. The van der Waals surface area contributed by atoms with Crippen LogP contribution in [-0.4, -0.2) is 74.9 Å². The molecule has 0 aliphatic heterocycles. The third kappa shape index (κ3) is 75.7. The molecule has 532 valence electrons. The van der Waals surface area contributed by atoms with Crippen LogP contribution >= 0.6 is 7.82 Å². The minimum atomic E-state index is -4.40. The van der Waals surface area contributed by atoms with Gasteiger partial charge in [0.05, 0.1) is 27.7 Å². The Balaban J connectivity index is 3.96. The first-order chi connectivity index (χ1) is 45.0. The van der Waals surface area contributed by atoms with Gasteiger partial charge in [-0.3, -0.25) is 18.6 Å². The van der Waals surface area contributed by atoms with Crippen LogP contribution < -0.4 is 0 Å². The van der Waals surface area contributed by atoms with Crippen LogP contribution in [0.5, 0.6) is 0 Å². The number of carbonyl (C=O) groups is 2. The number of ether oxygens (including phenoxy) is 2. The number of unbranched alkanes of at least 4 members (excludes halogenated alkanes) is 39. The van der Waals surface area contributed by atoms with Gasteiger partial charge < -0.3 is 18.9 Å². The molecule has 2 atom stereocenters. The highest BCUT2D eigenvalue weighted by atomic mass is 31.2. The zero-order valence-corrected chi connectivity index (χ0v) is 61.7. The topological polar surface area (TPSA) is 108 Å². The smallest absolute Gasteiger partial charge is 0.462 e. The second-order valence-electron chi connectivity index (χ2n) is 27.0. The number of likely N-dealkylation sites (N-methyl/N-ethyl adjacent to an activating group) is 1. The zero-order valence-electron chi connectivity index (χ0n) is 60.8. The predicted octanol–water partition coefficient (Wildman–Crippen LogP) is 25.6. The standard InChI is InChI=1S/C82H146NO8P/c1-6-8-10-12-14-16-18-20-22-24-26-28-30-32-34-36-38-40-41-43-44-46-48-50-52-54-56-58-60-62-64-66-68-70-72-74-81(84)88-78-80(79-90-92(86,87)89-77-76-83(3,4)5)91-82(85)75-73-71-69-67-65-63-61-59-57-55-53-51-49-47-45-42-39-37-35-33-31-29-27-25-23-21-19-17-15-13-11-9-7-2/h8-11,14-17,20-23,26-29,33,35,80H,6-7,12-13,18-19,24-25,30-32,34,36-79H2,1-5H3/p+1/b10-8-,11-9-,16-14-,17-15-,22-20-,23-21-,28-26-,29-27-,35-33-. The van der Waals surface area contributed by atoms with Crippen molar-refractivity contribution < 1.29 is 42.1 Å². The Morgan fingerprint density at radius 2 is 0.587 bits per heavy atom. The van der Waals surface area contributed by atoms with Gasteiger partial charge in [0.2, 0.25) is 0 Å². The molecular formula is C82H147NO8P+. The molecule has 10 heteroatoms. The maximum Gasteiger partial charge on any atom is 0.472 e. The van der Waals surface area contributed by atoms with E-state index in [-0.39, 0.29) is 32.0 Å². The number of rotatable bonds is 71. The quantitative estimate of drug-likeness (QED) is 0.0211. The SMILES string of the molecule is CC/C=C\C/C=C\C/C=C\C/C=C\C/C=C\CCCCCCCCCCCCCCCCCCCC(=O)OC(COC(=O)CCCCCCCCCCCCCCCCCCCCCCCC/C=C\C/C=C\C/C=C\C/C=C\CC)COP(=O)(O)OCC[N+](C)(C)C. The summed E-state index contributed by atoms with van der Waals surface area (Å²) in [5.74, 6) is -0.783. The van der Waals surface area contributed by atoms with Gasteiger partial charge >= 0.3 is 19.8 Å². The van der Waals surface area contributed by atoms with Gasteiger partial charge in [0, 0.05) is 12.8 Å². The van der Waals surface area contributed by atoms with E-state index in [1.807, 2.05) is 21.1 Å². The Kier molecular flexibility index (Phi) is 69.3. The number of allylic oxidation sites excluding steroid dienone is 18. The lowest BCUT2D eigenvalue weighted by Gasteiger charge is -2.24. The van der Waals surface area contributed by atoms with Crippen LogP contribution in [0.4, 0.5) is 0 Å². The number of phosphoric acid groups is 1. The van der Waals surface area contributed by atoms with E-state index in [1.165, 1.54) is 225 Å². The summed E-state index contributed by atoms with van der Waals surface area (Å²) in [6.07, 6.45) is 102. The normalized spacial score (nSPS) is 13.7. The van der Waals surface area contributed by atoms with Crippen LogP contribution in [0.15, 0.2) is 109 Å². The van der Waals surface area contributed by atoms with E-state index < -0.39 is 26.5 Å². The van der Waals surface area contributed by atoms with Crippen molar-refractivity contribution in [1.29, 1.82) is 0 Å². The second kappa shape index (κ2) is 72.0. The molecule has 0 aliphatic rings. The molecule has 0 bridgehead atoms. The van der Waals surface area contributed by atoms with Gasteiger partial charge in [0.15, 0.2) is 6.10 Å². The Bertz CT molecular complexity index is 1920. The minimum Gasteiger partial charge on any atom is -0.462 e. The maximum atomic E-state index is 12.9. The molecule has 0 fully saturated rings. The Morgan fingerprint density at radius 1 is 0.337 bits per heavy atom. The highest BCUT2D eigenvalue weighted by molar-refractivity contribution is 7.47. The van der Waals surface area contributed by atoms with Crippen molar-refractivity contribution >= 4 is 19.8 Å². The molecular weight excluding hydrogens is 1160 g/mol. The summed E-state index contributed by atoms with van der Waals surface area (Å²) in [5, 5.41) is 0. The lowest BCUT2D eigenvalue weighted by atomic mass is 10.0. The first-order valence-electron chi connectivity index (χ1n) is 38.6.